The molecule has 45 heavy (non-hydrogen) atoms. The van der Waals surface area contributed by atoms with E-state index in [1.165, 1.54) is 65.4 Å². The number of hydrogen-bond acceptors (Lipinski definition) is 2. The third-order valence-electron chi connectivity index (χ3n) is 10.8. The van der Waals surface area contributed by atoms with Gasteiger partial charge < -0.3 is 9.47 Å². The highest BCUT2D eigenvalue weighted by Gasteiger charge is 2.42. The molecule has 0 saturated carbocycles. The number of fused-ring (bicyclic) bond motifs is 8. The van der Waals surface area contributed by atoms with Crippen molar-refractivity contribution in [2.24, 2.45) is 5.92 Å². The summed E-state index contributed by atoms with van der Waals surface area (Å²) in [6, 6.07) is 16.6. The molecular weight excluding hydrogens is 565 g/mol. The van der Waals surface area contributed by atoms with Crippen molar-refractivity contribution in [3.63, 3.8) is 0 Å². The normalized spacial score (nSPS) is 23.2. The maximum Gasteiger partial charge on any atom is 0.0627 e. The van der Waals surface area contributed by atoms with Gasteiger partial charge in [-0.15, -0.1) is 11.3 Å². The van der Waals surface area contributed by atoms with Crippen molar-refractivity contribution >= 4 is 55.4 Å². The molecule has 0 bridgehead atoms. The minimum absolute atomic E-state index is 0.330. The van der Waals surface area contributed by atoms with Crippen molar-refractivity contribution in [3.05, 3.63) is 142 Å². The maximum atomic E-state index is 2.70. The predicted octanol–water partition coefficient (Wildman–Crippen LogP) is 10.9. The zero-order chi connectivity index (χ0) is 29.5. The summed E-state index contributed by atoms with van der Waals surface area (Å²) in [5, 5.41) is 2.87. The van der Waals surface area contributed by atoms with E-state index in [2.05, 4.69) is 119 Å². The first-order valence-corrected chi connectivity index (χ1v) is 17.7. The molecule has 5 aliphatic carbocycles. The zero-order valence-corrected chi connectivity index (χ0v) is 26.3. The number of nitrogens with zero attached hydrogens (tertiary/aromatic N) is 2. The second-order valence-electron chi connectivity index (χ2n) is 13.2. The Bertz CT molecular complexity index is 2180. The van der Waals surface area contributed by atoms with Crippen LogP contribution in [0, 0.1) is 5.92 Å². The zero-order valence-electron chi connectivity index (χ0n) is 25.5. The van der Waals surface area contributed by atoms with E-state index in [4.69, 9.17) is 0 Å². The molecule has 2 nitrogen and oxygen atoms in total. The highest BCUT2D eigenvalue weighted by atomic mass is 32.1. The third-order valence-corrected chi connectivity index (χ3v) is 12.0. The first-order chi connectivity index (χ1) is 22.3. The lowest BCUT2D eigenvalue weighted by atomic mass is 9.83. The lowest BCUT2D eigenvalue weighted by Gasteiger charge is -2.34. The molecule has 0 radical (unpaired) electrons. The highest BCUT2D eigenvalue weighted by Crippen LogP contribution is 2.51. The van der Waals surface area contributed by atoms with Gasteiger partial charge in [-0.1, -0.05) is 72.9 Å². The Labute approximate surface area is 269 Å². The molecule has 0 fully saturated rings. The fourth-order valence-electron chi connectivity index (χ4n) is 8.77. The second kappa shape index (κ2) is 10.1. The SMILES string of the molecule is C1=CC(n2c3c(c4cc(C5=CC6C7=C(C=CCC7)N(C7=CCCc8c7sc7ccccc87)C6C=C5)ccc42)CCC=C3)=CCC1. The van der Waals surface area contributed by atoms with Crippen LogP contribution in [0.4, 0.5) is 0 Å². The van der Waals surface area contributed by atoms with Gasteiger partial charge in [-0.05, 0) is 121 Å². The summed E-state index contributed by atoms with van der Waals surface area (Å²) in [6.45, 7) is 0. The number of aryl methyl sites for hydroxylation is 2. The molecular formula is C42H36N2S. The molecule has 2 aromatic heterocycles. The summed E-state index contributed by atoms with van der Waals surface area (Å²) in [7, 11) is 0. The highest BCUT2D eigenvalue weighted by molar-refractivity contribution is 7.20. The second-order valence-corrected chi connectivity index (χ2v) is 14.3. The van der Waals surface area contributed by atoms with Crippen LogP contribution >= 0.6 is 11.3 Å². The predicted molar refractivity (Wildman–Crippen MR) is 192 cm³/mol. The molecule has 0 spiro atoms. The van der Waals surface area contributed by atoms with Gasteiger partial charge in [0.05, 0.1) is 22.1 Å². The maximum absolute atomic E-state index is 2.70. The van der Waals surface area contributed by atoms with E-state index in [0.717, 1.165) is 51.4 Å². The van der Waals surface area contributed by atoms with E-state index in [0.29, 0.717) is 12.0 Å². The average molecular weight is 601 g/mol. The molecule has 3 heterocycles. The first-order valence-electron chi connectivity index (χ1n) is 16.8. The van der Waals surface area contributed by atoms with Crippen LogP contribution in [0.2, 0.25) is 0 Å². The van der Waals surface area contributed by atoms with Gasteiger partial charge in [-0.3, -0.25) is 0 Å². The molecule has 1 aliphatic heterocycles. The Balaban J connectivity index is 1.06. The van der Waals surface area contributed by atoms with Crippen molar-refractivity contribution < 1.29 is 0 Å². The Morgan fingerprint density at radius 1 is 0.733 bits per heavy atom. The van der Waals surface area contributed by atoms with Gasteiger partial charge in [-0.2, -0.15) is 0 Å². The van der Waals surface area contributed by atoms with Gasteiger partial charge in [0.15, 0.2) is 0 Å². The Morgan fingerprint density at radius 3 is 2.58 bits per heavy atom. The van der Waals surface area contributed by atoms with Gasteiger partial charge in [0, 0.05) is 33.1 Å². The van der Waals surface area contributed by atoms with Crippen molar-refractivity contribution in [1.29, 1.82) is 0 Å². The number of hydrogen-bond donors (Lipinski definition) is 0. The summed E-state index contributed by atoms with van der Waals surface area (Å²) < 4.78 is 3.92. The molecule has 2 aromatic carbocycles. The van der Waals surface area contributed by atoms with Gasteiger partial charge in [-0.25, -0.2) is 0 Å². The minimum atomic E-state index is 0.330. The van der Waals surface area contributed by atoms with E-state index in [1.807, 2.05) is 11.3 Å². The molecule has 0 amide bonds. The van der Waals surface area contributed by atoms with Crippen molar-refractivity contribution in [3.8, 4) is 0 Å². The van der Waals surface area contributed by atoms with Crippen LogP contribution < -0.4 is 0 Å². The van der Waals surface area contributed by atoms with Gasteiger partial charge in [0.2, 0.25) is 0 Å². The van der Waals surface area contributed by atoms with E-state index >= 15 is 0 Å². The van der Waals surface area contributed by atoms with Crippen LogP contribution in [0.25, 0.3) is 44.0 Å². The van der Waals surface area contributed by atoms with Crippen LogP contribution in [-0.2, 0) is 12.8 Å². The Morgan fingerprint density at radius 2 is 1.62 bits per heavy atom. The summed E-state index contributed by atoms with van der Waals surface area (Å²) in [6.07, 6.45) is 35.6. The lowest BCUT2D eigenvalue weighted by molar-refractivity contribution is 0.419. The molecule has 4 aromatic rings. The van der Waals surface area contributed by atoms with E-state index in [9.17, 15) is 0 Å². The molecule has 2 atom stereocenters. The molecule has 3 heteroatoms. The fraction of sp³-hybridized carbons (Fsp3) is 0.238. The van der Waals surface area contributed by atoms with Crippen LogP contribution in [0.15, 0.2) is 114 Å². The number of aromatic nitrogens is 1. The van der Waals surface area contributed by atoms with Crippen molar-refractivity contribution in [2.75, 3.05) is 0 Å². The lowest BCUT2D eigenvalue weighted by Crippen LogP contribution is -2.32. The average Bonchev–Trinajstić information content (AvgIpc) is 3.76. The minimum Gasteiger partial charge on any atom is -0.333 e. The monoisotopic (exact) mass is 600 g/mol. The summed E-state index contributed by atoms with van der Waals surface area (Å²) in [5.74, 6) is 0.403. The van der Waals surface area contributed by atoms with Gasteiger partial charge >= 0.3 is 0 Å². The van der Waals surface area contributed by atoms with E-state index in [1.54, 1.807) is 11.1 Å². The van der Waals surface area contributed by atoms with Crippen LogP contribution in [0.1, 0.15) is 65.8 Å². The first kappa shape index (κ1) is 25.9. The summed E-state index contributed by atoms with van der Waals surface area (Å²) >= 11 is 1.98. The number of thiophene rings is 1. The van der Waals surface area contributed by atoms with Crippen LogP contribution in [0.5, 0.6) is 0 Å². The quantitative estimate of drug-likeness (QED) is 0.227. The van der Waals surface area contributed by atoms with Crippen molar-refractivity contribution in [1.82, 2.24) is 9.47 Å². The fourth-order valence-corrected chi connectivity index (χ4v) is 10.1. The van der Waals surface area contributed by atoms with Crippen LogP contribution in [-0.4, -0.2) is 15.5 Å². The Kier molecular flexibility index (Phi) is 5.81. The molecule has 220 valence electrons. The van der Waals surface area contributed by atoms with E-state index in [-0.39, 0.29) is 0 Å². The smallest absolute Gasteiger partial charge is 0.0627 e. The van der Waals surface area contributed by atoms with Gasteiger partial charge in [0.1, 0.15) is 0 Å². The topological polar surface area (TPSA) is 8.17 Å². The summed E-state index contributed by atoms with van der Waals surface area (Å²) in [4.78, 5) is 4.18. The number of rotatable bonds is 3. The Hall–Kier alpha value is -4.34. The molecule has 0 saturated heterocycles. The standard InChI is InChI=1S/C42H36N2S/c1-2-11-29(12-3-1)43-36-17-7-4-13-30(36)34-25-27(21-23-38(34)43)28-22-24-39-35(26-28)31-14-5-8-18-37(31)44(39)40-19-10-16-33-32-15-6-9-20-41(32)45-42(33)40/h2,6-9,11-12,15,17-26,35,39H,1,3-5,10,13-14,16H2. The summed E-state index contributed by atoms with van der Waals surface area (Å²) in [5.41, 5.74) is 14.3. The largest absolute Gasteiger partial charge is 0.333 e. The molecule has 0 N–H and O–H groups in total. The molecule has 10 rings (SSSR count). The third kappa shape index (κ3) is 3.86. The molecule has 6 aliphatic rings. The number of benzene rings is 2. The molecule has 2 unspecified atom stereocenters. The van der Waals surface area contributed by atoms with Crippen LogP contribution in [0.3, 0.4) is 0 Å². The van der Waals surface area contributed by atoms with Crippen molar-refractivity contribution in [2.45, 2.75) is 57.4 Å². The van der Waals surface area contributed by atoms with E-state index < -0.39 is 0 Å². The van der Waals surface area contributed by atoms with Gasteiger partial charge in [0.25, 0.3) is 0 Å². The number of allylic oxidation sites excluding steroid dienone is 10.